The SMILES string of the molecule is N[C@@H]1C=CCC12CCNCC2. The third-order valence-corrected chi connectivity index (χ3v) is 3.17. The molecule has 11 heavy (non-hydrogen) atoms. The number of allylic oxidation sites excluding steroid dienone is 1. The van der Waals surface area contributed by atoms with E-state index in [0.717, 1.165) is 13.1 Å². The van der Waals surface area contributed by atoms with Gasteiger partial charge in [-0.1, -0.05) is 12.2 Å². The minimum absolute atomic E-state index is 0.324. The molecule has 3 N–H and O–H groups in total. The maximum atomic E-state index is 6.03. The van der Waals surface area contributed by atoms with Gasteiger partial charge in [0.25, 0.3) is 0 Å². The Hall–Kier alpha value is -0.340. The molecule has 0 aromatic rings. The Kier molecular flexibility index (Phi) is 1.74. The Balaban J connectivity index is 2.08. The summed E-state index contributed by atoms with van der Waals surface area (Å²) in [5.41, 5.74) is 6.47. The lowest BCUT2D eigenvalue weighted by atomic mass is 9.74. The number of hydrogen-bond acceptors (Lipinski definition) is 2. The Morgan fingerprint density at radius 2 is 2.09 bits per heavy atom. The summed E-state index contributed by atoms with van der Waals surface area (Å²) in [6.45, 7) is 2.30. The minimum atomic E-state index is 0.324. The maximum absolute atomic E-state index is 6.03. The molecule has 62 valence electrons. The van der Waals surface area contributed by atoms with Crippen molar-refractivity contribution >= 4 is 0 Å². The van der Waals surface area contributed by atoms with Gasteiger partial charge in [0.15, 0.2) is 0 Å². The van der Waals surface area contributed by atoms with Crippen molar-refractivity contribution in [1.29, 1.82) is 0 Å². The molecule has 0 aromatic heterocycles. The van der Waals surface area contributed by atoms with Crippen molar-refractivity contribution in [3.63, 3.8) is 0 Å². The zero-order valence-electron chi connectivity index (χ0n) is 6.84. The van der Waals surface area contributed by atoms with Gasteiger partial charge >= 0.3 is 0 Å². The summed E-state index contributed by atoms with van der Waals surface area (Å²) in [5, 5.41) is 3.37. The quantitative estimate of drug-likeness (QED) is 0.500. The van der Waals surface area contributed by atoms with Crippen LogP contribution >= 0.6 is 0 Å². The van der Waals surface area contributed by atoms with Gasteiger partial charge in [-0.25, -0.2) is 0 Å². The second kappa shape index (κ2) is 2.61. The molecular formula is C9H16N2. The van der Waals surface area contributed by atoms with Gasteiger partial charge in [0.1, 0.15) is 0 Å². The van der Waals surface area contributed by atoms with Crippen molar-refractivity contribution < 1.29 is 0 Å². The summed E-state index contributed by atoms with van der Waals surface area (Å²) < 4.78 is 0. The van der Waals surface area contributed by atoms with E-state index in [0.29, 0.717) is 11.5 Å². The molecule has 0 unspecified atom stereocenters. The fourth-order valence-corrected chi connectivity index (χ4v) is 2.25. The largest absolute Gasteiger partial charge is 0.324 e. The number of piperidine rings is 1. The predicted octanol–water partition coefficient (Wildman–Crippen LogP) is 0.643. The Morgan fingerprint density at radius 1 is 1.36 bits per heavy atom. The lowest BCUT2D eigenvalue weighted by molar-refractivity contribution is 0.194. The highest BCUT2D eigenvalue weighted by molar-refractivity contribution is 5.13. The molecule has 2 rings (SSSR count). The fraction of sp³-hybridized carbons (Fsp3) is 0.778. The molecule has 1 spiro atoms. The predicted molar refractivity (Wildman–Crippen MR) is 46.3 cm³/mol. The van der Waals surface area contributed by atoms with Crippen LogP contribution in [0.1, 0.15) is 19.3 Å². The lowest BCUT2D eigenvalue weighted by Crippen LogP contribution is -2.45. The van der Waals surface area contributed by atoms with Crippen LogP contribution in [0.25, 0.3) is 0 Å². The van der Waals surface area contributed by atoms with Crippen molar-refractivity contribution in [2.75, 3.05) is 13.1 Å². The van der Waals surface area contributed by atoms with Crippen molar-refractivity contribution in [3.05, 3.63) is 12.2 Å². The summed E-state index contributed by atoms with van der Waals surface area (Å²) in [5.74, 6) is 0. The minimum Gasteiger partial charge on any atom is -0.324 e. The Bertz CT molecular complexity index is 168. The van der Waals surface area contributed by atoms with E-state index in [1.807, 2.05) is 0 Å². The molecule has 2 nitrogen and oxygen atoms in total. The topological polar surface area (TPSA) is 38.0 Å². The lowest BCUT2D eigenvalue weighted by Gasteiger charge is -2.37. The number of rotatable bonds is 0. The van der Waals surface area contributed by atoms with Gasteiger partial charge in [-0.3, -0.25) is 0 Å². The van der Waals surface area contributed by atoms with Gasteiger partial charge in [-0.15, -0.1) is 0 Å². The van der Waals surface area contributed by atoms with E-state index in [1.54, 1.807) is 0 Å². The highest BCUT2D eigenvalue weighted by Crippen LogP contribution is 2.40. The Morgan fingerprint density at radius 3 is 2.64 bits per heavy atom. The number of hydrogen-bond donors (Lipinski definition) is 2. The van der Waals surface area contributed by atoms with Crippen LogP contribution < -0.4 is 11.1 Å². The molecule has 1 fully saturated rings. The first kappa shape index (κ1) is 7.32. The van der Waals surface area contributed by atoms with E-state index >= 15 is 0 Å². The van der Waals surface area contributed by atoms with Crippen molar-refractivity contribution in [1.82, 2.24) is 5.32 Å². The summed E-state index contributed by atoms with van der Waals surface area (Å²) >= 11 is 0. The van der Waals surface area contributed by atoms with Crippen LogP contribution in [0.3, 0.4) is 0 Å². The van der Waals surface area contributed by atoms with E-state index in [1.165, 1.54) is 19.3 Å². The first-order valence-electron chi connectivity index (χ1n) is 4.46. The van der Waals surface area contributed by atoms with E-state index in [9.17, 15) is 0 Å². The summed E-state index contributed by atoms with van der Waals surface area (Å²) in [6.07, 6.45) is 8.12. The van der Waals surface area contributed by atoms with Crippen molar-refractivity contribution in [2.24, 2.45) is 11.1 Å². The summed E-state index contributed by atoms with van der Waals surface area (Å²) in [7, 11) is 0. The van der Waals surface area contributed by atoms with Gasteiger partial charge in [-0.05, 0) is 37.8 Å². The van der Waals surface area contributed by atoms with E-state index < -0.39 is 0 Å². The highest BCUT2D eigenvalue weighted by Gasteiger charge is 2.38. The molecule has 1 aliphatic heterocycles. The van der Waals surface area contributed by atoms with Crippen molar-refractivity contribution in [2.45, 2.75) is 25.3 Å². The normalized spacial score (nSPS) is 34.8. The maximum Gasteiger partial charge on any atom is 0.0285 e. The molecule has 2 heteroatoms. The van der Waals surface area contributed by atoms with Gasteiger partial charge in [0.2, 0.25) is 0 Å². The molecule has 1 atom stereocenters. The standard InChI is InChI=1S/C9H16N2/c10-8-2-1-3-9(8)4-6-11-7-5-9/h1-2,8,11H,3-7,10H2/t8-/m1/s1. The Labute approximate surface area is 67.8 Å². The van der Waals surface area contributed by atoms with Crippen LogP contribution in [0.15, 0.2) is 12.2 Å². The average Bonchev–Trinajstić information content (AvgIpc) is 2.36. The van der Waals surface area contributed by atoms with E-state index in [2.05, 4.69) is 17.5 Å². The first-order chi connectivity index (χ1) is 5.33. The number of nitrogens with two attached hydrogens (primary N) is 1. The molecule has 1 saturated heterocycles. The molecule has 0 amide bonds. The molecule has 0 radical (unpaired) electrons. The summed E-state index contributed by atoms with van der Waals surface area (Å²) in [6, 6.07) is 0.324. The van der Waals surface area contributed by atoms with Crippen LogP contribution in [0.2, 0.25) is 0 Å². The van der Waals surface area contributed by atoms with Crippen LogP contribution in [-0.4, -0.2) is 19.1 Å². The van der Waals surface area contributed by atoms with E-state index in [4.69, 9.17) is 5.73 Å². The molecule has 0 aromatic carbocycles. The number of nitrogens with one attached hydrogen (secondary N) is 1. The summed E-state index contributed by atoms with van der Waals surface area (Å²) in [4.78, 5) is 0. The van der Waals surface area contributed by atoms with Gasteiger partial charge < -0.3 is 11.1 Å². The smallest absolute Gasteiger partial charge is 0.0285 e. The molecule has 2 aliphatic rings. The van der Waals surface area contributed by atoms with Crippen molar-refractivity contribution in [3.8, 4) is 0 Å². The molecular weight excluding hydrogens is 136 g/mol. The van der Waals surface area contributed by atoms with Gasteiger partial charge in [0, 0.05) is 6.04 Å². The molecule has 0 bridgehead atoms. The van der Waals surface area contributed by atoms with E-state index in [-0.39, 0.29) is 0 Å². The van der Waals surface area contributed by atoms with Crippen LogP contribution in [-0.2, 0) is 0 Å². The third-order valence-electron chi connectivity index (χ3n) is 3.17. The monoisotopic (exact) mass is 152 g/mol. The van der Waals surface area contributed by atoms with Gasteiger partial charge in [0.05, 0.1) is 0 Å². The molecule has 1 heterocycles. The molecule has 0 saturated carbocycles. The second-order valence-electron chi connectivity index (χ2n) is 3.77. The van der Waals surface area contributed by atoms with Gasteiger partial charge in [-0.2, -0.15) is 0 Å². The fourth-order valence-electron chi connectivity index (χ4n) is 2.25. The van der Waals surface area contributed by atoms with Crippen LogP contribution in [0, 0.1) is 5.41 Å². The third kappa shape index (κ3) is 1.10. The highest BCUT2D eigenvalue weighted by atomic mass is 14.9. The zero-order chi connectivity index (χ0) is 7.73. The zero-order valence-corrected chi connectivity index (χ0v) is 6.84. The second-order valence-corrected chi connectivity index (χ2v) is 3.77. The van der Waals surface area contributed by atoms with Crippen LogP contribution in [0.4, 0.5) is 0 Å². The average molecular weight is 152 g/mol. The van der Waals surface area contributed by atoms with Crippen LogP contribution in [0.5, 0.6) is 0 Å². The molecule has 1 aliphatic carbocycles. The first-order valence-corrected chi connectivity index (χ1v) is 4.46.